The van der Waals surface area contributed by atoms with E-state index in [9.17, 15) is 0 Å². The number of rotatable bonds is 5. The monoisotopic (exact) mass is 223 g/mol. The Hall–Kier alpha value is -0.470. The second-order valence-electron chi connectivity index (χ2n) is 4.08. The Labute approximate surface area is 97.4 Å². The summed E-state index contributed by atoms with van der Waals surface area (Å²) in [4.78, 5) is 0. The van der Waals surface area contributed by atoms with Crippen molar-refractivity contribution in [1.82, 2.24) is 0 Å². The molecule has 1 unspecified atom stereocenters. The molecule has 1 nitrogen and oxygen atoms in total. The third-order valence-electron chi connectivity index (χ3n) is 2.43. The average molecular weight is 223 g/mol. The minimum absolute atomic E-state index is 0.170. The van der Waals surface area contributed by atoms with E-state index in [1.54, 1.807) is 0 Å². The van der Waals surface area contributed by atoms with Crippen molar-refractivity contribution in [2.45, 2.75) is 38.5 Å². The number of aryl methyl sites for hydroxylation is 1. The smallest absolute Gasteiger partial charge is 0.0386 e. The molecular formula is C13H21NS. The van der Waals surface area contributed by atoms with Gasteiger partial charge in [0.15, 0.2) is 0 Å². The Morgan fingerprint density at radius 2 is 1.80 bits per heavy atom. The van der Waals surface area contributed by atoms with Crippen molar-refractivity contribution in [2.75, 3.05) is 5.75 Å². The predicted octanol–water partition coefficient (Wildman–Crippen LogP) is 3.39. The van der Waals surface area contributed by atoms with E-state index in [-0.39, 0.29) is 6.04 Å². The fourth-order valence-electron chi connectivity index (χ4n) is 1.39. The lowest BCUT2D eigenvalue weighted by Gasteiger charge is -2.13. The zero-order valence-electron chi connectivity index (χ0n) is 9.86. The van der Waals surface area contributed by atoms with Gasteiger partial charge in [-0.05, 0) is 22.8 Å². The highest BCUT2D eigenvalue weighted by atomic mass is 32.2. The third kappa shape index (κ3) is 4.27. The van der Waals surface area contributed by atoms with E-state index >= 15 is 0 Å². The van der Waals surface area contributed by atoms with Crippen LogP contribution in [0.1, 0.15) is 37.9 Å². The summed E-state index contributed by atoms with van der Waals surface area (Å²) in [5.41, 5.74) is 8.74. The molecule has 15 heavy (non-hydrogen) atoms. The van der Waals surface area contributed by atoms with Crippen LogP contribution in [-0.4, -0.2) is 11.0 Å². The van der Waals surface area contributed by atoms with E-state index in [1.807, 2.05) is 11.8 Å². The van der Waals surface area contributed by atoms with Crippen LogP contribution >= 0.6 is 11.8 Å². The van der Waals surface area contributed by atoms with Crippen LogP contribution in [0.4, 0.5) is 0 Å². The Morgan fingerprint density at radius 3 is 2.27 bits per heavy atom. The van der Waals surface area contributed by atoms with Gasteiger partial charge in [-0.3, -0.25) is 0 Å². The molecule has 0 amide bonds. The van der Waals surface area contributed by atoms with Gasteiger partial charge in [-0.25, -0.2) is 0 Å². The molecule has 0 radical (unpaired) electrons. The quantitative estimate of drug-likeness (QED) is 0.828. The van der Waals surface area contributed by atoms with Crippen LogP contribution in [0.3, 0.4) is 0 Å². The van der Waals surface area contributed by atoms with Crippen molar-refractivity contribution >= 4 is 11.8 Å². The molecule has 0 bridgehead atoms. The lowest BCUT2D eigenvalue weighted by molar-refractivity contribution is 0.827. The van der Waals surface area contributed by atoms with Gasteiger partial charge in [0.1, 0.15) is 0 Å². The molecule has 2 heteroatoms. The van der Waals surface area contributed by atoms with Crippen LogP contribution in [0.2, 0.25) is 0 Å². The molecule has 0 heterocycles. The largest absolute Gasteiger partial charge is 0.323 e. The highest BCUT2D eigenvalue weighted by Crippen LogP contribution is 2.19. The molecule has 1 rings (SSSR count). The van der Waals surface area contributed by atoms with Crippen LogP contribution < -0.4 is 5.73 Å². The third-order valence-corrected chi connectivity index (χ3v) is 3.64. The molecule has 0 saturated heterocycles. The van der Waals surface area contributed by atoms with Crippen LogP contribution in [0.25, 0.3) is 0 Å². The summed E-state index contributed by atoms with van der Waals surface area (Å²) in [5, 5.41) is 0.658. The number of hydrogen-bond acceptors (Lipinski definition) is 2. The molecule has 1 aromatic rings. The van der Waals surface area contributed by atoms with Gasteiger partial charge >= 0.3 is 0 Å². The Morgan fingerprint density at radius 1 is 1.20 bits per heavy atom. The van der Waals surface area contributed by atoms with Gasteiger partial charge in [-0.1, -0.05) is 45.0 Å². The Kier molecular flexibility index (Phi) is 5.20. The van der Waals surface area contributed by atoms with Crippen molar-refractivity contribution in [2.24, 2.45) is 5.73 Å². The maximum Gasteiger partial charge on any atom is 0.0386 e. The summed E-state index contributed by atoms with van der Waals surface area (Å²) < 4.78 is 0. The summed E-state index contributed by atoms with van der Waals surface area (Å²) >= 11 is 1.92. The van der Waals surface area contributed by atoms with Crippen molar-refractivity contribution in [3.05, 3.63) is 35.4 Å². The van der Waals surface area contributed by atoms with E-state index < -0.39 is 0 Å². The van der Waals surface area contributed by atoms with Crippen molar-refractivity contribution < 1.29 is 0 Å². The molecule has 1 atom stereocenters. The maximum absolute atomic E-state index is 6.11. The van der Waals surface area contributed by atoms with Gasteiger partial charge in [-0.2, -0.15) is 11.8 Å². The maximum atomic E-state index is 6.11. The fourth-order valence-corrected chi connectivity index (χ4v) is 2.18. The van der Waals surface area contributed by atoms with Crippen molar-refractivity contribution in [3.8, 4) is 0 Å². The summed E-state index contributed by atoms with van der Waals surface area (Å²) in [6.45, 7) is 6.58. The van der Waals surface area contributed by atoms with Crippen LogP contribution in [-0.2, 0) is 6.42 Å². The van der Waals surface area contributed by atoms with Gasteiger partial charge < -0.3 is 5.73 Å². The summed E-state index contributed by atoms with van der Waals surface area (Å²) in [6, 6.07) is 8.84. The molecule has 0 saturated carbocycles. The topological polar surface area (TPSA) is 26.0 Å². The lowest BCUT2D eigenvalue weighted by atomic mass is 10.1. The second kappa shape index (κ2) is 6.19. The summed E-state index contributed by atoms with van der Waals surface area (Å²) in [6.07, 6.45) is 1.09. The van der Waals surface area contributed by atoms with E-state index in [4.69, 9.17) is 5.73 Å². The fraction of sp³-hybridized carbons (Fsp3) is 0.538. The standard InChI is InChI=1S/C13H21NS/c1-4-11-5-7-12(8-6-11)13(14)9-15-10(2)3/h5-8,10,13H,4,9,14H2,1-3H3. The van der Waals surface area contributed by atoms with E-state index in [2.05, 4.69) is 45.0 Å². The molecule has 1 aromatic carbocycles. The molecule has 0 aliphatic rings. The number of benzene rings is 1. The van der Waals surface area contributed by atoms with Gasteiger partial charge in [0.05, 0.1) is 0 Å². The van der Waals surface area contributed by atoms with Gasteiger partial charge in [0, 0.05) is 11.8 Å². The van der Waals surface area contributed by atoms with E-state index in [1.165, 1.54) is 11.1 Å². The first-order chi connectivity index (χ1) is 7.13. The van der Waals surface area contributed by atoms with Crippen molar-refractivity contribution in [3.63, 3.8) is 0 Å². The zero-order chi connectivity index (χ0) is 11.3. The first kappa shape index (κ1) is 12.6. The first-order valence-electron chi connectivity index (χ1n) is 5.59. The lowest BCUT2D eigenvalue weighted by Crippen LogP contribution is -2.14. The van der Waals surface area contributed by atoms with Crippen LogP contribution in [0, 0.1) is 0 Å². The minimum Gasteiger partial charge on any atom is -0.323 e. The van der Waals surface area contributed by atoms with Crippen LogP contribution in [0.15, 0.2) is 24.3 Å². The SMILES string of the molecule is CCc1ccc(C(N)CSC(C)C)cc1. The van der Waals surface area contributed by atoms with E-state index in [0.717, 1.165) is 12.2 Å². The van der Waals surface area contributed by atoms with Crippen molar-refractivity contribution in [1.29, 1.82) is 0 Å². The van der Waals surface area contributed by atoms with Gasteiger partial charge in [0.2, 0.25) is 0 Å². The molecule has 0 aliphatic carbocycles. The zero-order valence-corrected chi connectivity index (χ0v) is 10.7. The number of thioether (sulfide) groups is 1. The highest BCUT2D eigenvalue weighted by Gasteiger charge is 2.06. The molecule has 2 N–H and O–H groups in total. The first-order valence-corrected chi connectivity index (χ1v) is 6.64. The summed E-state index contributed by atoms with van der Waals surface area (Å²) in [5.74, 6) is 1.00. The van der Waals surface area contributed by atoms with Crippen LogP contribution in [0.5, 0.6) is 0 Å². The summed E-state index contributed by atoms with van der Waals surface area (Å²) in [7, 11) is 0. The highest BCUT2D eigenvalue weighted by molar-refractivity contribution is 7.99. The van der Waals surface area contributed by atoms with E-state index in [0.29, 0.717) is 5.25 Å². The molecule has 84 valence electrons. The minimum atomic E-state index is 0.170. The molecule has 0 fully saturated rings. The molecular weight excluding hydrogens is 202 g/mol. The molecule has 0 spiro atoms. The molecule has 0 aliphatic heterocycles. The average Bonchev–Trinajstić information content (AvgIpc) is 2.26. The molecule has 0 aromatic heterocycles. The Bertz CT molecular complexity index is 279. The number of hydrogen-bond donors (Lipinski definition) is 1. The normalized spacial score (nSPS) is 13.1. The number of nitrogens with two attached hydrogens (primary N) is 1. The Balaban J connectivity index is 2.54. The second-order valence-corrected chi connectivity index (χ2v) is 5.69. The van der Waals surface area contributed by atoms with Gasteiger partial charge in [-0.15, -0.1) is 0 Å². The predicted molar refractivity (Wildman–Crippen MR) is 70.3 cm³/mol. The van der Waals surface area contributed by atoms with Gasteiger partial charge in [0.25, 0.3) is 0 Å².